The lowest BCUT2D eigenvalue weighted by atomic mass is 10.2. The highest BCUT2D eigenvalue weighted by Crippen LogP contribution is 2.44. The lowest BCUT2D eigenvalue weighted by Gasteiger charge is -2.26. The van der Waals surface area contributed by atoms with E-state index in [1.807, 2.05) is 13.8 Å². The fourth-order valence-corrected chi connectivity index (χ4v) is 2.66. The molecule has 25 heavy (non-hydrogen) atoms. The van der Waals surface area contributed by atoms with E-state index in [0.717, 1.165) is 7.11 Å². The Balaban J connectivity index is 2.86. The monoisotopic (exact) mass is 396 g/mol. The standard InChI is InChI=1S/C14H25N2O7PS/c1-9(2)21-7-12(11(4)23-24(18,19)20-5)22-8-16-6-10(3)13(17)15-14(16)25/h6,9,11-12H,7-8H2,1-5H3,(H,18,19)(H,15,17,25)/t11-,12+/m0/s1. The predicted molar refractivity (Wildman–Crippen MR) is 94.0 cm³/mol. The summed E-state index contributed by atoms with van der Waals surface area (Å²) in [4.78, 5) is 23.5. The predicted octanol–water partition coefficient (Wildman–Crippen LogP) is 2.13. The van der Waals surface area contributed by atoms with Gasteiger partial charge in [0.2, 0.25) is 0 Å². The van der Waals surface area contributed by atoms with Crippen LogP contribution in [0.5, 0.6) is 0 Å². The maximum absolute atomic E-state index is 11.6. The minimum absolute atomic E-state index is 0.0129. The van der Waals surface area contributed by atoms with Gasteiger partial charge >= 0.3 is 7.82 Å². The van der Waals surface area contributed by atoms with E-state index in [-0.39, 0.29) is 29.8 Å². The van der Waals surface area contributed by atoms with Gasteiger partial charge in [0.25, 0.3) is 5.56 Å². The van der Waals surface area contributed by atoms with Crippen LogP contribution >= 0.6 is 20.0 Å². The average Bonchev–Trinajstić information content (AvgIpc) is 2.51. The Bertz CT molecular complexity index is 718. The Kier molecular flexibility index (Phi) is 8.62. The molecular formula is C14H25N2O7PS. The van der Waals surface area contributed by atoms with Crippen molar-refractivity contribution in [3.8, 4) is 0 Å². The van der Waals surface area contributed by atoms with E-state index in [0.29, 0.717) is 5.56 Å². The number of H-pyrrole nitrogens is 1. The molecule has 1 heterocycles. The molecule has 144 valence electrons. The molecule has 0 bridgehead atoms. The molecule has 0 saturated heterocycles. The van der Waals surface area contributed by atoms with Crippen LogP contribution in [0.4, 0.5) is 0 Å². The molecule has 9 nitrogen and oxygen atoms in total. The van der Waals surface area contributed by atoms with Crippen molar-refractivity contribution in [1.29, 1.82) is 0 Å². The van der Waals surface area contributed by atoms with E-state index in [9.17, 15) is 14.3 Å². The number of aryl methyl sites for hydroxylation is 1. The molecule has 0 radical (unpaired) electrons. The number of aromatic nitrogens is 2. The van der Waals surface area contributed by atoms with Gasteiger partial charge in [0.15, 0.2) is 4.77 Å². The summed E-state index contributed by atoms with van der Waals surface area (Å²) in [6, 6.07) is 0. The van der Waals surface area contributed by atoms with Gasteiger partial charge in [0, 0.05) is 18.9 Å². The zero-order chi connectivity index (χ0) is 19.2. The molecule has 1 rings (SSSR count). The van der Waals surface area contributed by atoms with Gasteiger partial charge in [-0.05, 0) is 39.9 Å². The molecule has 0 aromatic carbocycles. The van der Waals surface area contributed by atoms with Crippen LogP contribution < -0.4 is 5.56 Å². The fourth-order valence-electron chi connectivity index (χ4n) is 1.82. The quantitative estimate of drug-likeness (QED) is 0.457. The summed E-state index contributed by atoms with van der Waals surface area (Å²) in [7, 11) is -3.08. The Morgan fingerprint density at radius 2 is 2.00 bits per heavy atom. The summed E-state index contributed by atoms with van der Waals surface area (Å²) in [5.41, 5.74) is 0.217. The van der Waals surface area contributed by atoms with E-state index >= 15 is 0 Å². The molecule has 11 heteroatoms. The minimum Gasteiger partial charge on any atom is -0.376 e. The van der Waals surface area contributed by atoms with Crippen molar-refractivity contribution >= 4 is 20.0 Å². The van der Waals surface area contributed by atoms with E-state index < -0.39 is 20.0 Å². The van der Waals surface area contributed by atoms with Crippen molar-refractivity contribution < 1.29 is 28.0 Å². The third-order valence-electron chi connectivity index (χ3n) is 3.26. The van der Waals surface area contributed by atoms with Crippen LogP contribution in [0.25, 0.3) is 0 Å². The Labute approximate surface area is 151 Å². The molecule has 0 aliphatic rings. The summed E-state index contributed by atoms with van der Waals surface area (Å²) in [6.07, 6.45) is 0.0675. The molecular weight excluding hydrogens is 371 g/mol. The van der Waals surface area contributed by atoms with Crippen molar-refractivity contribution in [2.24, 2.45) is 0 Å². The normalized spacial score (nSPS) is 16.6. The topological polar surface area (TPSA) is 112 Å². The maximum atomic E-state index is 11.6. The molecule has 1 aromatic heterocycles. The summed E-state index contributed by atoms with van der Waals surface area (Å²) in [5.74, 6) is 0. The number of aromatic amines is 1. The van der Waals surface area contributed by atoms with E-state index in [1.165, 1.54) is 4.57 Å². The van der Waals surface area contributed by atoms with Crippen LogP contribution in [0.3, 0.4) is 0 Å². The van der Waals surface area contributed by atoms with Crippen molar-refractivity contribution in [2.75, 3.05) is 13.7 Å². The molecule has 0 aliphatic carbocycles. The van der Waals surface area contributed by atoms with Crippen molar-refractivity contribution in [3.63, 3.8) is 0 Å². The number of phosphoric ester groups is 1. The Morgan fingerprint density at radius 3 is 2.56 bits per heavy atom. The van der Waals surface area contributed by atoms with Crippen molar-refractivity contribution in [1.82, 2.24) is 9.55 Å². The first-order valence-electron chi connectivity index (χ1n) is 7.66. The van der Waals surface area contributed by atoms with Crippen molar-refractivity contribution in [2.45, 2.75) is 52.7 Å². The first-order chi connectivity index (χ1) is 11.6. The molecule has 0 saturated carbocycles. The zero-order valence-corrected chi connectivity index (χ0v) is 16.6. The van der Waals surface area contributed by atoms with Crippen LogP contribution in [0, 0.1) is 11.7 Å². The summed E-state index contributed by atoms with van der Waals surface area (Å²) in [5, 5.41) is 0. The van der Waals surface area contributed by atoms with Gasteiger partial charge in [-0.2, -0.15) is 0 Å². The highest BCUT2D eigenvalue weighted by Gasteiger charge is 2.29. The van der Waals surface area contributed by atoms with E-state index in [4.69, 9.17) is 26.2 Å². The van der Waals surface area contributed by atoms with Crippen LogP contribution in [0.2, 0.25) is 0 Å². The number of phosphoric acid groups is 1. The Hall–Kier alpha value is -0.870. The molecule has 0 spiro atoms. The highest BCUT2D eigenvalue weighted by atomic mass is 32.1. The van der Waals surface area contributed by atoms with Gasteiger partial charge in [0.05, 0.1) is 18.8 Å². The smallest absolute Gasteiger partial charge is 0.376 e. The molecule has 1 aromatic rings. The van der Waals surface area contributed by atoms with Gasteiger partial charge < -0.3 is 18.9 Å². The van der Waals surface area contributed by atoms with E-state index in [2.05, 4.69) is 9.51 Å². The Morgan fingerprint density at radius 1 is 1.36 bits per heavy atom. The van der Waals surface area contributed by atoms with Crippen molar-refractivity contribution in [3.05, 3.63) is 26.9 Å². The number of nitrogens with zero attached hydrogens (tertiary/aromatic N) is 1. The molecule has 0 amide bonds. The molecule has 3 atom stereocenters. The second-order valence-corrected chi connectivity index (χ2v) is 7.62. The summed E-state index contributed by atoms with van der Waals surface area (Å²) < 4.78 is 34.1. The number of nitrogens with one attached hydrogen (secondary N) is 1. The minimum atomic E-state index is -4.16. The van der Waals surface area contributed by atoms with Gasteiger partial charge in [0.1, 0.15) is 12.8 Å². The average molecular weight is 396 g/mol. The van der Waals surface area contributed by atoms with Gasteiger partial charge in [-0.3, -0.25) is 18.8 Å². The number of ether oxygens (including phenoxy) is 2. The number of hydrogen-bond donors (Lipinski definition) is 2. The third-order valence-corrected chi connectivity index (χ3v) is 4.66. The molecule has 1 unspecified atom stereocenters. The van der Waals surface area contributed by atoms with Gasteiger partial charge in [-0.1, -0.05) is 0 Å². The molecule has 0 aliphatic heterocycles. The summed E-state index contributed by atoms with van der Waals surface area (Å²) in [6.45, 7) is 7.09. The lowest BCUT2D eigenvalue weighted by Crippen LogP contribution is -2.35. The summed E-state index contributed by atoms with van der Waals surface area (Å²) >= 11 is 5.09. The SMILES string of the molecule is COP(=O)(O)O[C@@H](C)[C@@H](COC(C)C)OCn1cc(C)c(=O)[nH]c1=S. The fraction of sp³-hybridized carbons (Fsp3) is 0.714. The zero-order valence-electron chi connectivity index (χ0n) is 14.9. The van der Waals surface area contributed by atoms with E-state index in [1.54, 1.807) is 20.0 Å². The van der Waals surface area contributed by atoms with Crippen LogP contribution in [0.15, 0.2) is 11.0 Å². The molecule has 2 N–H and O–H groups in total. The number of hydrogen-bond acceptors (Lipinski definition) is 7. The van der Waals surface area contributed by atoms with Gasteiger partial charge in [-0.25, -0.2) is 4.57 Å². The largest absolute Gasteiger partial charge is 0.472 e. The third kappa shape index (κ3) is 7.49. The number of rotatable bonds is 10. The van der Waals surface area contributed by atoms with Crippen LogP contribution in [-0.2, 0) is 29.8 Å². The molecule has 0 fully saturated rings. The first-order valence-corrected chi connectivity index (χ1v) is 9.56. The lowest BCUT2D eigenvalue weighted by molar-refractivity contribution is -0.103. The first kappa shape index (κ1) is 22.2. The maximum Gasteiger partial charge on any atom is 0.472 e. The van der Waals surface area contributed by atoms with Gasteiger partial charge in [-0.15, -0.1) is 0 Å². The second kappa shape index (κ2) is 9.72. The van der Waals surface area contributed by atoms with Crippen LogP contribution in [-0.4, -0.2) is 46.5 Å². The second-order valence-electron chi connectivity index (χ2n) is 5.72. The van der Waals surface area contributed by atoms with Crippen LogP contribution in [0.1, 0.15) is 26.3 Å². The highest BCUT2D eigenvalue weighted by molar-refractivity contribution is 7.71.